The highest BCUT2D eigenvalue weighted by Gasteiger charge is 2.47. The maximum Gasteiger partial charge on any atom is 0.325 e. The zero-order valence-corrected chi connectivity index (χ0v) is 11.7. The van der Waals surface area contributed by atoms with Crippen molar-refractivity contribution in [3.8, 4) is 5.75 Å². The van der Waals surface area contributed by atoms with Crippen LogP contribution in [0.1, 0.15) is 31.7 Å². The first kappa shape index (κ1) is 14.4. The van der Waals surface area contributed by atoms with Crippen LogP contribution in [0.3, 0.4) is 0 Å². The van der Waals surface area contributed by atoms with Gasteiger partial charge in [-0.1, -0.05) is 24.6 Å². The molecule has 0 aliphatic heterocycles. The molecule has 1 atom stereocenters. The van der Waals surface area contributed by atoms with Gasteiger partial charge in [0, 0.05) is 5.56 Å². The molecule has 20 heavy (non-hydrogen) atoms. The first-order chi connectivity index (χ1) is 9.51. The Balaban J connectivity index is 2.29. The average Bonchev–Trinajstić information content (AvgIpc) is 2.37. The number of amides is 1. The number of aliphatic carboxylic acids is 1. The molecule has 0 aromatic heterocycles. The van der Waals surface area contributed by atoms with Gasteiger partial charge in [-0.25, -0.2) is 0 Å². The Hall–Kier alpha value is -2.04. The fourth-order valence-electron chi connectivity index (χ4n) is 2.59. The van der Waals surface area contributed by atoms with Gasteiger partial charge in [-0.05, 0) is 25.8 Å². The second-order valence-electron chi connectivity index (χ2n) is 5.17. The number of ether oxygens (including phenoxy) is 1. The number of para-hydroxylation sites is 1. The van der Waals surface area contributed by atoms with Crippen LogP contribution in [0.15, 0.2) is 24.3 Å². The highest BCUT2D eigenvalue weighted by Crippen LogP contribution is 2.47. The molecule has 1 unspecified atom stereocenters. The van der Waals surface area contributed by atoms with Gasteiger partial charge < -0.3 is 15.2 Å². The van der Waals surface area contributed by atoms with Crippen molar-refractivity contribution in [1.29, 1.82) is 0 Å². The summed E-state index contributed by atoms with van der Waals surface area (Å²) in [5.41, 5.74) is 0.180. The summed E-state index contributed by atoms with van der Waals surface area (Å²) in [6.45, 7) is 1.47. The number of nitrogens with one attached hydrogen (secondary N) is 1. The molecule has 108 valence electrons. The van der Waals surface area contributed by atoms with Gasteiger partial charge in [0.25, 0.3) is 0 Å². The van der Waals surface area contributed by atoms with Gasteiger partial charge in [-0.2, -0.15) is 0 Å². The topological polar surface area (TPSA) is 75.6 Å². The number of hydrogen-bond acceptors (Lipinski definition) is 3. The second kappa shape index (κ2) is 5.53. The number of carbonyl (C=O) groups is 2. The summed E-state index contributed by atoms with van der Waals surface area (Å²) in [6.07, 6.45) is 2.38. The van der Waals surface area contributed by atoms with Gasteiger partial charge >= 0.3 is 5.97 Å². The van der Waals surface area contributed by atoms with Crippen LogP contribution in [0.4, 0.5) is 0 Å². The molecule has 0 radical (unpaired) electrons. The van der Waals surface area contributed by atoms with Crippen LogP contribution in [0.2, 0.25) is 0 Å². The average molecular weight is 277 g/mol. The van der Waals surface area contributed by atoms with Crippen LogP contribution < -0.4 is 10.1 Å². The van der Waals surface area contributed by atoms with E-state index in [1.165, 1.54) is 6.92 Å². The van der Waals surface area contributed by atoms with Gasteiger partial charge in [0.2, 0.25) is 5.91 Å². The monoisotopic (exact) mass is 277 g/mol. The number of methoxy groups -OCH3 is 1. The van der Waals surface area contributed by atoms with Crippen molar-refractivity contribution in [2.24, 2.45) is 0 Å². The third-order valence-electron chi connectivity index (χ3n) is 3.98. The van der Waals surface area contributed by atoms with Crippen LogP contribution in [0, 0.1) is 0 Å². The van der Waals surface area contributed by atoms with Crippen molar-refractivity contribution >= 4 is 11.9 Å². The summed E-state index contributed by atoms with van der Waals surface area (Å²) in [7, 11) is 1.57. The quantitative estimate of drug-likeness (QED) is 0.859. The highest BCUT2D eigenvalue weighted by atomic mass is 16.5. The maximum atomic E-state index is 12.5. The Morgan fingerprint density at radius 1 is 1.35 bits per heavy atom. The van der Waals surface area contributed by atoms with Crippen molar-refractivity contribution in [3.05, 3.63) is 29.8 Å². The van der Waals surface area contributed by atoms with Crippen molar-refractivity contribution < 1.29 is 19.4 Å². The molecule has 1 saturated carbocycles. The first-order valence-corrected chi connectivity index (χ1v) is 6.68. The predicted molar refractivity (Wildman–Crippen MR) is 73.8 cm³/mol. The summed E-state index contributed by atoms with van der Waals surface area (Å²) >= 11 is 0. The molecule has 0 bridgehead atoms. The Morgan fingerprint density at radius 2 is 2.00 bits per heavy atom. The standard InChI is InChI=1S/C15H19NO4/c1-10(13(17)18)16-14(19)15(8-5-9-15)11-6-3-4-7-12(11)20-2/h3-4,6-7,10H,5,8-9H2,1-2H3,(H,16,19)(H,17,18). The molecule has 1 aliphatic carbocycles. The minimum absolute atomic E-state index is 0.233. The van der Waals surface area contributed by atoms with E-state index in [-0.39, 0.29) is 5.91 Å². The zero-order chi connectivity index (χ0) is 14.8. The molecule has 1 fully saturated rings. The Kier molecular flexibility index (Phi) is 3.97. The van der Waals surface area contributed by atoms with Gasteiger partial charge in [0.1, 0.15) is 11.8 Å². The van der Waals surface area contributed by atoms with Crippen molar-refractivity contribution in [1.82, 2.24) is 5.32 Å². The fourth-order valence-corrected chi connectivity index (χ4v) is 2.59. The minimum Gasteiger partial charge on any atom is -0.496 e. The van der Waals surface area contributed by atoms with Gasteiger partial charge in [0.15, 0.2) is 0 Å². The predicted octanol–water partition coefficient (Wildman–Crippen LogP) is 1.71. The van der Waals surface area contributed by atoms with Gasteiger partial charge in [-0.3, -0.25) is 9.59 Å². The van der Waals surface area contributed by atoms with Crippen molar-refractivity contribution in [2.45, 2.75) is 37.6 Å². The molecular formula is C15H19NO4. The number of hydrogen-bond donors (Lipinski definition) is 2. The SMILES string of the molecule is COc1ccccc1C1(C(=O)NC(C)C(=O)O)CCC1. The second-order valence-corrected chi connectivity index (χ2v) is 5.17. The van der Waals surface area contributed by atoms with Crippen molar-refractivity contribution in [2.75, 3.05) is 7.11 Å². The zero-order valence-electron chi connectivity index (χ0n) is 11.7. The third-order valence-corrected chi connectivity index (χ3v) is 3.98. The highest BCUT2D eigenvalue weighted by molar-refractivity contribution is 5.92. The summed E-state index contributed by atoms with van der Waals surface area (Å²) in [4.78, 5) is 23.4. The van der Waals surface area contributed by atoms with Gasteiger partial charge in [-0.15, -0.1) is 0 Å². The number of carboxylic acid groups (broad SMARTS) is 1. The maximum absolute atomic E-state index is 12.5. The van der Waals surface area contributed by atoms with Crippen LogP contribution in [0.25, 0.3) is 0 Å². The number of carbonyl (C=O) groups excluding carboxylic acids is 1. The first-order valence-electron chi connectivity index (χ1n) is 6.68. The normalized spacial score (nSPS) is 17.7. The molecule has 5 heteroatoms. The molecule has 1 aliphatic rings. The number of rotatable bonds is 5. The van der Waals surface area contributed by atoms with E-state index in [1.807, 2.05) is 24.3 Å². The molecule has 1 amide bonds. The summed E-state index contributed by atoms with van der Waals surface area (Å²) in [6, 6.07) is 6.53. The van der Waals surface area contributed by atoms with Crippen molar-refractivity contribution in [3.63, 3.8) is 0 Å². The van der Waals surface area contributed by atoms with E-state index in [9.17, 15) is 9.59 Å². The molecule has 0 saturated heterocycles. The number of benzene rings is 1. The molecule has 1 aromatic rings. The molecule has 1 aromatic carbocycles. The Bertz CT molecular complexity index is 522. The molecule has 0 spiro atoms. The Labute approximate surface area is 117 Å². The van der Waals surface area contributed by atoms with Crippen LogP contribution in [-0.4, -0.2) is 30.1 Å². The van der Waals surface area contributed by atoms with E-state index >= 15 is 0 Å². The minimum atomic E-state index is -1.03. The fraction of sp³-hybridized carbons (Fsp3) is 0.467. The largest absolute Gasteiger partial charge is 0.496 e. The molecule has 5 nitrogen and oxygen atoms in total. The lowest BCUT2D eigenvalue weighted by molar-refractivity contribution is -0.143. The van der Waals surface area contributed by atoms with Crippen LogP contribution in [-0.2, 0) is 15.0 Å². The van der Waals surface area contributed by atoms with E-state index in [2.05, 4.69) is 5.32 Å². The molecular weight excluding hydrogens is 258 g/mol. The Morgan fingerprint density at radius 3 is 2.50 bits per heavy atom. The molecule has 2 N–H and O–H groups in total. The van der Waals surface area contributed by atoms with E-state index in [0.717, 1.165) is 12.0 Å². The van der Waals surface area contributed by atoms with Crippen LogP contribution >= 0.6 is 0 Å². The summed E-state index contributed by atoms with van der Waals surface area (Å²) in [5, 5.41) is 11.5. The lowest BCUT2D eigenvalue weighted by atomic mass is 9.63. The lowest BCUT2D eigenvalue weighted by Crippen LogP contribution is -2.53. The van der Waals surface area contributed by atoms with Crippen LogP contribution in [0.5, 0.6) is 5.75 Å². The smallest absolute Gasteiger partial charge is 0.325 e. The van der Waals surface area contributed by atoms with E-state index in [1.54, 1.807) is 7.11 Å². The summed E-state index contributed by atoms with van der Waals surface area (Å²) in [5.74, 6) is -0.596. The lowest BCUT2D eigenvalue weighted by Gasteiger charge is -2.41. The van der Waals surface area contributed by atoms with E-state index < -0.39 is 17.4 Å². The van der Waals surface area contributed by atoms with E-state index in [4.69, 9.17) is 9.84 Å². The molecule has 2 rings (SSSR count). The number of carboxylic acids is 1. The van der Waals surface area contributed by atoms with E-state index in [0.29, 0.717) is 18.6 Å². The molecule has 0 heterocycles. The summed E-state index contributed by atoms with van der Waals surface area (Å²) < 4.78 is 5.33. The van der Waals surface area contributed by atoms with Gasteiger partial charge in [0.05, 0.1) is 12.5 Å². The third kappa shape index (κ3) is 2.35.